The number of ketones is 1. The number of rotatable bonds is 2. The van der Waals surface area contributed by atoms with Crippen LogP contribution in [0.25, 0.3) is 0 Å². The first kappa shape index (κ1) is 26.4. The summed E-state index contributed by atoms with van der Waals surface area (Å²) in [6, 6.07) is 12.8. The maximum atomic E-state index is 13.8. The van der Waals surface area contributed by atoms with Gasteiger partial charge in [-0.3, -0.25) is 4.79 Å². The highest BCUT2D eigenvalue weighted by Crippen LogP contribution is 2.71. The first-order chi connectivity index (χ1) is 18.3. The standard InChI is InChI=1S/C34H42O5/c1-20-16-24(35)17-23-19-34(39-29(20)23)21(2)25(36)18-27-32(5)14-13-28(38-30(37)22-10-8-7-9-11-22)31(3,4)26(32)12-15-33(27,34)6/h7-11,16-17,21,26-28,35H,12-15,18-19H2,1-6H3/t21-,26-,27+,28-,32-,33+,34-/m0/s1. The van der Waals surface area contributed by atoms with Gasteiger partial charge < -0.3 is 14.6 Å². The molecule has 1 spiro atoms. The molecule has 7 atom stereocenters. The van der Waals surface area contributed by atoms with Crippen molar-refractivity contribution < 1.29 is 24.2 Å². The number of esters is 1. The molecule has 0 bridgehead atoms. The van der Waals surface area contributed by atoms with Gasteiger partial charge in [0, 0.05) is 29.2 Å². The number of hydrogen-bond donors (Lipinski definition) is 1. The van der Waals surface area contributed by atoms with Crippen molar-refractivity contribution in [2.24, 2.45) is 34.0 Å². The number of phenols is 1. The van der Waals surface area contributed by atoms with E-state index in [1.54, 1.807) is 6.07 Å². The third-order valence-electron chi connectivity index (χ3n) is 11.9. The summed E-state index contributed by atoms with van der Waals surface area (Å²) in [6.45, 7) is 13.3. The van der Waals surface area contributed by atoms with E-state index >= 15 is 0 Å². The van der Waals surface area contributed by atoms with Crippen molar-refractivity contribution >= 4 is 11.8 Å². The Morgan fingerprint density at radius 3 is 2.46 bits per heavy atom. The van der Waals surface area contributed by atoms with Gasteiger partial charge in [-0.05, 0) is 79.7 Å². The van der Waals surface area contributed by atoms with Gasteiger partial charge in [0.25, 0.3) is 0 Å². The molecule has 0 radical (unpaired) electrons. The molecular weight excluding hydrogens is 488 g/mol. The smallest absolute Gasteiger partial charge is 0.338 e. The van der Waals surface area contributed by atoms with Gasteiger partial charge in [-0.2, -0.15) is 0 Å². The molecule has 5 heteroatoms. The lowest BCUT2D eigenvalue weighted by Crippen LogP contribution is -2.70. The van der Waals surface area contributed by atoms with Crippen LogP contribution in [0.2, 0.25) is 0 Å². The molecule has 0 unspecified atom stereocenters. The summed E-state index contributed by atoms with van der Waals surface area (Å²) in [5.74, 6) is 1.39. The van der Waals surface area contributed by atoms with Crippen LogP contribution in [0.15, 0.2) is 42.5 Å². The second-order valence-corrected chi connectivity index (χ2v) is 14.0. The Labute approximate surface area is 232 Å². The van der Waals surface area contributed by atoms with Crippen LogP contribution in [0.3, 0.4) is 0 Å². The van der Waals surface area contributed by atoms with Gasteiger partial charge >= 0.3 is 5.97 Å². The quantitative estimate of drug-likeness (QED) is 0.421. The fourth-order valence-electron chi connectivity index (χ4n) is 9.77. The third-order valence-corrected chi connectivity index (χ3v) is 11.9. The van der Waals surface area contributed by atoms with E-state index in [1.165, 1.54) is 0 Å². The first-order valence-corrected chi connectivity index (χ1v) is 14.6. The molecule has 3 fully saturated rings. The van der Waals surface area contributed by atoms with Crippen LogP contribution in [-0.4, -0.2) is 28.6 Å². The summed E-state index contributed by atoms with van der Waals surface area (Å²) in [7, 11) is 0. The van der Waals surface area contributed by atoms with E-state index in [4.69, 9.17) is 9.47 Å². The molecule has 208 valence electrons. The molecule has 0 saturated heterocycles. The summed E-state index contributed by atoms with van der Waals surface area (Å²) in [5, 5.41) is 10.3. The molecular formula is C34H42O5. The predicted octanol–water partition coefficient (Wildman–Crippen LogP) is 7.07. The first-order valence-electron chi connectivity index (χ1n) is 14.6. The van der Waals surface area contributed by atoms with E-state index in [2.05, 4.69) is 34.6 Å². The second-order valence-electron chi connectivity index (χ2n) is 14.0. The molecule has 1 aliphatic heterocycles. The molecule has 6 rings (SSSR count). The third kappa shape index (κ3) is 3.57. The molecule has 0 amide bonds. The van der Waals surface area contributed by atoms with E-state index in [1.807, 2.05) is 43.3 Å². The molecule has 5 nitrogen and oxygen atoms in total. The Bertz CT molecular complexity index is 1330. The molecule has 1 N–H and O–H groups in total. The highest BCUT2D eigenvalue weighted by Gasteiger charge is 2.71. The minimum absolute atomic E-state index is 0.0791. The van der Waals surface area contributed by atoms with E-state index in [9.17, 15) is 14.7 Å². The van der Waals surface area contributed by atoms with E-state index in [0.717, 1.165) is 42.6 Å². The maximum Gasteiger partial charge on any atom is 0.338 e. The van der Waals surface area contributed by atoms with Gasteiger partial charge in [-0.25, -0.2) is 4.79 Å². The maximum absolute atomic E-state index is 13.8. The average Bonchev–Trinajstić information content (AvgIpc) is 3.28. The Kier molecular flexibility index (Phi) is 5.81. The number of Topliss-reactive ketones (excluding diaryl/α,β-unsaturated/α-hetero) is 1. The van der Waals surface area contributed by atoms with E-state index < -0.39 is 5.60 Å². The number of aromatic hydroxyl groups is 1. The van der Waals surface area contributed by atoms with Crippen LogP contribution in [0.5, 0.6) is 11.5 Å². The molecule has 4 aliphatic rings. The van der Waals surface area contributed by atoms with Crippen LogP contribution < -0.4 is 4.74 Å². The summed E-state index contributed by atoms with van der Waals surface area (Å²) in [6.07, 6.45) is 4.71. The lowest BCUT2D eigenvalue weighted by molar-refractivity contribution is -0.233. The van der Waals surface area contributed by atoms with E-state index in [-0.39, 0.29) is 51.7 Å². The second kappa shape index (κ2) is 8.59. The molecule has 3 saturated carbocycles. The minimum Gasteiger partial charge on any atom is -0.508 e. The molecule has 0 aromatic heterocycles. The molecule has 1 heterocycles. The predicted molar refractivity (Wildman–Crippen MR) is 150 cm³/mol. The topological polar surface area (TPSA) is 72.8 Å². The number of fused-ring (bicyclic) bond motifs is 5. The number of aryl methyl sites for hydroxylation is 1. The van der Waals surface area contributed by atoms with Crippen molar-refractivity contribution in [3.8, 4) is 11.5 Å². The average molecular weight is 531 g/mol. The van der Waals surface area contributed by atoms with Crippen molar-refractivity contribution in [1.29, 1.82) is 0 Å². The molecule has 39 heavy (non-hydrogen) atoms. The fraction of sp³-hybridized carbons (Fsp3) is 0.588. The fourth-order valence-corrected chi connectivity index (χ4v) is 9.77. The van der Waals surface area contributed by atoms with Crippen LogP contribution in [-0.2, 0) is 16.0 Å². The molecule has 2 aromatic carbocycles. The zero-order chi connectivity index (χ0) is 28.0. The molecule has 2 aromatic rings. The Morgan fingerprint density at radius 1 is 1.03 bits per heavy atom. The zero-order valence-corrected chi connectivity index (χ0v) is 24.2. The van der Waals surface area contributed by atoms with E-state index in [0.29, 0.717) is 24.3 Å². The van der Waals surface area contributed by atoms with Crippen LogP contribution in [0.4, 0.5) is 0 Å². The number of phenolic OH excluding ortho intramolecular Hbond substituents is 1. The van der Waals surface area contributed by atoms with Crippen LogP contribution in [0.1, 0.15) is 88.2 Å². The van der Waals surface area contributed by atoms with Gasteiger partial charge in [-0.1, -0.05) is 52.8 Å². The highest BCUT2D eigenvalue weighted by atomic mass is 16.5. The largest absolute Gasteiger partial charge is 0.508 e. The van der Waals surface area contributed by atoms with Crippen molar-refractivity contribution in [3.63, 3.8) is 0 Å². The van der Waals surface area contributed by atoms with Gasteiger partial charge in [0.1, 0.15) is 29.0 Å². The van der Waals surface area contributed by atoms with Gasteiger partial charge in [0.05, 0.1) is 11.5 Å². The number of benzene rings is 2. The van der Waals surface area contributed by atoms with Crippen molar-refractivity contribution in [3.05, 3.63) is 59.2 Å². The monoisotopic (exact) mass is 530 g/mol. The summed E-state index contributed by atoms with van der Waals surface area (Å²) in [4.78, 5) is 26.8. The summed E-state index contributed by atoms with van der Waals surface area (Å²) >= 11 is 0. The Hall–Kier alpha value is -2.82. The van der Waals surface area contributed by atoms with Gasteiger partial charge in [0.15, 0.2) is 0 Å². The normalized spacial score (nSPS) is 38.4. The Balaban J connectivity index is 1.34. The molecule has 3 aliphatic carbocycles. The SMILES string of the molecule is Cc1cc(O)cc2c1O[C@@]1(C2)[C@@H](C)C(=O)C[C@@H]2[C@@]3(C)CC[C@H](OC(=O)c4ccccc4)C(C)(C)[C@@H]3CC[C@]21C. The lowest BCUT2D eigenvalue weighted by Gasteiger charge is -2.68. The number of ether oxygens (including phenoxy) is 2. The van der Waals surface area contributed by atoms with Crippen LogP contribution >= 0.6 is 0 Å². The number of carbonyl (C=O) groups is 2. The Morgan fingerprint density at radius 2 is 1.74 bits per heavy atom. The summed E-state index contributed by atoms with van der Waals surface area (Å²) in [5.41, 5.74) is 1.40. The number of hydrogen-bond acceptors (Lipinski definition) is 5. The van der Waals surface area contributed by atoms with Crippen molar-refractivity contribution in [1.82, 2.24) is 0 Å². The number of carbonyl (C=O) groups excluding carboxylic acids is 2. The zero-order valence-electron chi connectivity index (χ0n) is 24.2. The van der Waals surface area contributed by atoms with Gasteiger partial charge in [0.2, 0.25) is 0 Å². The highest BCUT2D eigenvalue weighted by molar-refractivity contribution is 5.89. The minimum atomic E-state index is -0.622. The van der Waals surface area contributed by atoms with Crippen molar-refractivity contribution in [2.45, 2.75) is 91.8 Å². The van der Waals surface area contributed by atoms with Gasteiger partial charge in [-0.15, -0.1) is 0 Å². The van der Waals surface area contributed by atoms with Crippen LogP contribution in [0, 0.1) is 40.9 Å². The van der Waals surface area contributed by atoms with Crippen molar-refractivity contribution in [2.75, 3.05) is 0 Å². The summed E-state index contributed by atoms with van der Waals surface area (Å²) < 4.78 is 13.2. The lowest BCUT2D eigenvalue weighted by atomic mass is 9.37.